The second-order valence-electron chi connectivity index (χ2n) is 3.32. The smallest absolute Gasteiger partial charge is 0.335 e. The fraction of sp³-hybridized carbons (Fsp3) is 0.900. The first-order valence-electron chi connectivity index (χ1n) is 5.17. The number of carbonyl (C=O) groups is 1. The van der Waals surface area contributed by atoms with Crippen LogP contribution in [-0.4, -0.2) is 38.0 Å². The molecule has 1 aliphatic rings. The highest BCUT2D eigenvalue weighted by atomic mass is 16.6. The van der Waals surface area contributed by atoms with E-state index in [1.165, 1.54) is 0 Å². The van der Waals surface area contributed by atoms with Gasteiger partial charge < -0.3 is 14.2 Å². The molecule has 0 bridgehead atoms. The van der Waals surface area contributed by atoms with Crippen LogP contribution in [0.2, 0.25) is 0 Å². The Morgan fingerprint density at radius 1 is 1.50 bits per heavy atom. The van der Waals surface area contributed by atoms with E-state index < -0.39 is 6.10 Å². The Morgan fingerprint density at radius 2 is 2.21 bits per heavy atom. The van der Waals surface area contributed by atoms with Gasteiger partial charge in [0, 0.05) is 0 Å². The van der Waals surface area contributed by atoms with Crippen molar-refractivity contribution in [1.82, 2.24) is 0 Å². The average Bonchev–Trinajstić information content (AvgIpc) is 2.09. The van der Waals surface area contributed by atoms with Crippen LogP contribution in [0.4, 0.5) is 0 Å². The van der Waals surface area contributed by atoms with Crippen LogP contribution in [-0.2, 0) is 19.0 Å². The van der Waals surface area contributed by atoms with E-state index in [1.54, 1.807) is 6.92 Å². The molecule has 0 aromatic rings. The highest BCUT2D eigenvalue weighted by Gasteiger charge is 2.27. The summed E-state index contributed by atoms with van der Waals surface area (Å²) in [6.45, 7) is 5.42. The standard InChI is InChI=1S/C10H18O4/c1-3-5-9(10(11)13-4-2)14-8-6-12-7-8/h8-9H,3-7H2,1-2H3. The summed E-state index contributed by atoms with van der Waals surface area (Å²) in [6, 6.07) is 0. The summed E-state index contributed by atoms with van der Waals surface area (Å²) >= 11 is 0. The lowest BCUT2D eigenvalue weighted by Gasteiger charge is -2.29. The molecule has 1 fully saturated rings. The molecule has 1 saturated heterocycles. The summed E-state index contributed by atoms with van der Waals surface area (Å²) in [5.74, 6) is -0.249. The minimum Gasteiger partial charge on any atom is -0.464 e. The van der Waals surface area contributed by atoms with E-state index in [4.69, 9.17) is 14.2 Å². The third-order valence-electron chi connectivity index (χ3n) is 2.06. The molecule has 0 N–H and O–H groups in total. The minimum absolute atomic E-state index is 0.0796. The van der Waals surface area contributed by atoms with Gasteiger partial charge in [-0.2, -0.15) is 0 Å². The molecule has 0 radical (unpaired) electrons. The van der Waals surface area contributed by atoms with Crippen molar-refractivity contribution in [2.75, 3.05) is 19.8 Å². The van der Waals surface area contributed by atoms with Crippen molar-refractivity contribution < 1.29 is 19.0 Å². The molecule has 0 aromatic heterocycles. The summed E-state index contributed by atoms with van der Waals surface area (Å²) in [4.78, 5) is 11.4. The zero-order valence-electron chi connectivity index (χ0n) is 8.82. The van der Waals surface area contributed by atoms with Gasteiger partial charge in [-0.25, -0.2) is 4.79 Å². The second kappa shape index (κ2) is 5.98. The van der Waals surface area contributed by atoms with Crippen LogP contribution in [0.5, 0.6) is 0 Å². The van der Waals surface area contributed by atoms with Gasteiger partial charge >= 0.3 is 5.97 Å². The molecule has 0 aromatic carbocycles. The van der Waals surface area contributed by atoms with Crippen LogP contribution >= 0.6 is 0 Å². The topological polar surface area (TPSA) is 44.8 Å². The normalized spacial score (nSPS) is 18.7. The molecular formula is C10H18O4. The predicted octanol–water partition coefficient (Wildman–Crippen LogP) is 1.13. The van der Waals surface area contributed by atoms with Crippen LogP contribution in [0.3, 0.4) is 0 Å². The molecule has 1 heterocycles. The number of ether oxygens (including phenoxy) is 3. The van der Waals surface area contributed by atoms with Crippen molar-refractivity contribution in [3.05, 3.63) is 0 Å². The van der Waals surface area contributed by atoms with Crippen LogP contribution in [0, 0.1) is 0 Å². The number of hydrogen-bond donors (Lipinski definition) is 0. The molecule has 1 atom stereocenters. The van der Waals surface area contributed by atoms with E-state index in [9.17, 15) is 4.79 Å². The van der Waals surface area contributed by atoms with Crippen molar-refractivity contribution in [2.24, 2.45) is 0 Å². The Bertz CT molecular complexity index is 177. The lowest BCUT2D eigenvalue weighted by Crippen LogP contribution is -2.42. The molecule has 82 valence electrons. The van der Waals surface area contributed by atoms with Gasteiger partial charge in [0.25, 0.3) is 0 Å². The van der Waals surface area contributed by atoms with Gasteiger partial charge in [0.2, 0.25) is 0 Å². The Labute approximate surface area is 84.5 Å². The Hall–Kier alpha value is -0.610. The first-order chi connectivity index (χ1) is 6.77. The summed E-state index contributed by atoms with van der Waals surface area (Å²) in [6.07, 6.45) is 1.30. The summed E-state index contributed by atoms with van der Waals surface area (Å²) in [5.41, 5.74) is 0. The van der Waals surface area contributed by atoms with Crippen molar-refractivity contribution in [3.63, 3.8) is 0 Å². The van der Waals surface area contributed by atoms with Gasteiger partial charge in [0.1, 0.15) is 6.10 Å². The van der Waals surface area contributed by atoms with Gasteiger partial charge in [-0.3, -0.25) is 0 Å². The zero-order chi connectivity index (χ0) is 10.4. The van der Waals surface area contributed by atoms with E-state index in [0.29, 0.717) is 19.8 Å². The fourth-order valence-corrected chi connectivity index (χ4v) is 1.26. The van der Waals surface area contributed by atoms with Crippen molar-refractivity contribution >= 4 is 5.97 Å². The molecule has 1 aliphatic heterocycles. The highest BCUT2D eigenvalue weighted by molar-refractivity contribution is 5.74. The number of hydrogen-bond acceptors (Lipinski definition) is 4. The molecule has 0 saturated carbocycles. The van der Waals surface area contributed by atoms with Gasteiger partial charge in [-0.15, -0.1) is 0 Å². The Morgan fingerprint density at radius 3 is 2.64 bits per heavy atom. The fourth-order valence-electron chi connectivity index (χ4n) is 1.26. The van der Waals surface area contributed by atoms with Gasteiger partial charge in [-0.05, 0) is 13.3 Å². The maximum Gasteiger partial charge on any atom is 0.335 e. The summed E-state index contributed by atoms with van der Waals surface area (Å²) in [7, 11) is 0. The molecule has 1 unspecified atom stereocenters. The minimum atomic E-state index is -0.408. The van der Waals surface area contributed by atoms with Gasteiger partial charge in [0.15, 0.2) is 6.10 Å². The third-order valence-corrected chi connectivity index (χ3v) is 2.06. The van der Waals surface area contributed by atoms with Crippen LogP contribution in [0.1, 0.15) is 26.7 Å². The molecule has 14 heavy (non-hydrogen) atoms. The number of esters is 1. The number of carbonyl (C=O) groups excluding carboxylic acids is 1. The molecule has 0 amide bonds. The quantitative estimate of drug-likeness (QED) is 0.606. The lowest BCUT2D eigenvalue weighted by atomic mass is 10.2. The van der Waals surface area contributed by atoms with Gasteiger partial charge in [0.05, 0.1) is 19.8 Å². The van der Waals surface area contributed by atoms with Crippen LogP contribution < -0.4 is 0 Å². The average molecular weight is 202 g/mol. The SMILES string of the molecule is CCCC(OC1COC1)C(=O)OCC. The summed E-state index contributed by atoms with van der Waals surface area (Å²) < 4.78 is 15.4. The molecular weight excluding hydrogens is 184 g/mol. The summed E-state index contributed by atoms with van der Waals surface area (Å²) in [5, 5.41) is 0. The highest BCUT2D eigenvalue weighted by Crippen LogP contribution is 2.13. The number of rotatable bonds is 6. The molecule has 1 rings (SSSR count). The third kappa shape index (κ3) is 3.27. The van der Waals surface area contributed by atoms with Crippen molar-refractivity contribution in [3.8, 4) is 0 Å². The van der Waals surface area contributed by atoms with E-state index in [1.807, 2.05) is 6.92 Å². The van der Waals surface area contributed by atoms with E-state index in [0.717, 1.165) is 12.8 Å². The maximum absolute atomic E-state index is 11.4. The lowest BCUT2D eigenvalue weighted by molar-refractivity contribution is -0.184. The largest absolute Gasteiger partial charge is 0.464 e. The van der Waals surface area contributed by atoms with E-state index in [-0.39, 0.29) is 12.1 Å². The predicted molar refractivity (Wildman–Crippen MR) is 51.0 cm³/mol. The van der Waals surface area contributed by atoms with E-state index in [2.05, 4.69) is 0 Å². The monoisotopic (exact) mass is 202 g/mol. The Kier molecular flexibility index (Phi) is 4.90. The van der Waals surface area contributed by atoms with Gasteiger partial charge in [-0.1, -0.05) is 13.3 Å². The molecule has 4 nitrogen and oxygen atoms in total. The second-order valence-corrected chi connectivity index (χ2v) is 3.32. The van der Waals surface area contributed by atoms with Crippen molar-refractivity contribution in [1.29, 1.82) is 0 Å². The molecule has 4 heteroatoms. The molecule has 0 spiro atoms. The Balaban J connectivity index is 2.32. The maximum atomic E-state index is 11.4. The zero-order valence-corrected chi connectivity index (χ0v) is 8.82. The molecule has 0 aliphatic carbocycles. The van der Waals surface area contributed by atoms with Crippen molar-refractivity contribution in [2.45, 2.75) is 38.9 Å². The van der Waals surface area contributed by atoms with Crippen LogP contribution in [0.25, 0.3) is 0 Å². The van der Waals surface area contributed by atoms with Crippen LogP contribution in [0.15, 0.2) is 0 Å². The first kappa shape index (κ1) is 11.5. The van der Waals surface area contributed by atoms with E-state index >= 15 is 0 Å². The first-order valence-corrected chi connectivity index (χ1v) is 5.17.